The summed E-state index contributed by atoms with van der Waals surface area (Å²) in [7, 11) is -4.07. The molecule has 1 aromatic carbocycles. The van der Waals surface area contributed by atoms with E-state index in [0.717, 1.165) is 6.07 Å². The van der Waals surface area contributed by atoms with E-state index in [1.54, 1.807) is 0 Å². The monoisotopic (exact) mass is 488 g/mol. The Hall–Kier alpha value is -3.52. The van der Waals surface area contributed by atoms with E-state index in [1.165, 1.54) is 37.4 Å². The number of ether oxygens (including phenoxy) is 1. The van der Waals surface area contributed by atoms with Gasteiger partial charge in [0.05, 0.1) is 11.4 Å². The van der Waals surface area contributed by atoms with E-state index >= 15 is 0 Å². The number of carbonyl (C=O) groups is 1. The Kier molecular flexibility index (Phi) is 5.81. The number of sulfone groups is 1. The lowest BCUT2D eigenvalue weighted by Gasteiger charge is -2.39. The van der Waals surface area contributed by atoms with Crippen LogP contribution in [0.4, 0.5) is 14.5 Å². The number of amides is 1. The number of hydrogen-bond donors (Lipinski definition) is 2. The van der Waals surface area contributed by atoms with Gasteiger partial charge in [-0.3, -0.25) is 9.79 Å². The van der Waals surface area contributed by atoms with Crippen LogP contribution in [-0.4, -0.2) is 48.4 Å². The Balaban J connectivity index is 1.65. The van der Waals surface area contributed by atoms with Crippen LogP contribution < -0.4 is 15.8 Å². The second-order valence-corrected chi connectivity index (χ2v) is 10.8. The summed E-state index contributed by atoms with van der Waals surface area (Å²) in [6.45, 7) is 0.325. The maximum atomic E-state index is 15.0. The van der Waals surface area contributed by atoms with Gasteiger partial charge < -0.3 is 15.8 Å². The second kappa shape index (κ2) is 8.36. The highest BCUT2D eigenvalue weighted by atomic mass is 32.2. The van der Waals surface area contributed by atoms with E-state index in [9.17, 15) is 22.0 Å². The van der Waals surface area contributed by atoms with E-state index < -0.39 is 43.8 Å². The third-order valence-corrected chi connectivity index (χ3v) is 9.51. The third-order valence-electron chi connectivity index (χ3n) is 6.45. The summed E-state index contributed by atoms with van der Waals surface area (Å²) < 4.78 is 58.4. The van der Waals surface area contributed by atoms with Crippen molar-refractivity contribution in [1.82, 2.24) is 4.98 Å². The SMILES string of the molecule is C#CCOc1ccc(C(=O)Nc2ccc(F)c([C@@]3(C)N=C(N)[C@@]4(CF)CC[C@@H]3S4(=O)=O)c2)nc1. The van der Waals surface area contributed by atoms with Gasteiger partial charge in [-0.25, -0.2) is 22.2 Å². The Labute approximate surface area is 195 Å². The molecule has 0 saturated carbocycles. The molecule has 2 aromatic rings. The molecule has 2 bridgehead atoms. The first kappa shape index (κ1) is 23.6. The minimum Gasteiger partial charge on any atom is -0.479 e. The van der Waals surface area contributed by atoms with Gasteiger partial charge in [0.2, 0.25) is 0 Å². The minimum absolute atomic E-state index is 0.0216. The van der Waals surface area contributed by atoms with Crippen molar-refractivity contribution >= 4 is 27.3 Å². The van der Waals surface area contributed by atoms with Crippen molar-refractivity contribution in [3.05, 3.63) is 53.6 Å². The Morgan fingerprint density at radius 2 is 2.15 bits per heavy atom. The molecular formula is C23H22F2N4O4S. The zero-order chi connectivity index (χ0) is 24.7. The summed E-state index contributed by atoms with van der Waals surface area (Å²) in [6.07, 6.45) is 6.53. The quantitative estimate of drug-likeness (QED) is 0.602. The van der Waals surface area contributed by atoms with Crippen molar-refractivity contribution in [2.75, 3.05) is 18.6 Å². The maximum absolute atomic E-state index is 15.0. The molecule has 0 unspecified atom stereocenters. The number of hydrogen-bond acceptors (Lipinski definition) is 7. The summed E-state index contributed by atoms with van der Waals surface area (Å²) in [5, 5.41) is 1.46. The largest absolute Gasteiger partial charge is 0.479 e. The number of rotatable bonds is 6. The highest BCUT2D eigenvalue weighted by Crippen LogP contribution is 2.52. The number of carbonyl (C=O) groups excluding carboxylic acids is 1. The van der Waals surface area contributed by atoms with Crippen LogP contribution >= 0.6 is 0 Å². The molecule has 1 saturated heterocycles. The normalized spacial score (nSPS) is 26.9. The van der Waals surface area contributed by atoms with E-state index in [2.05, 4.69) is 21.2 Å². The first-order valence-electron chi connectivity index (χ1n) is 10.4. The molecule has 8 nitrogen and oxygen atoms in total. The fourth-order valence-electron chi connectivity index (χ4n) is 4.57. The number of benzene rings is 1. The van der Waals surface area contributed by atoms with Gasteiger partial charge in [-0.15, -0.1) is 6.42 Å². The lowest BCUT2D eigenvalue weighted by molar-refractivity contribution is 0.102. The predicted molar refractivity (Wildman–Crippen MR) is 123 cm³/mol. The molecule has 0 aliphatic carbocycles. The molecule has 3 heterocycles. The number of amidine groups is 1. The number of halogens is 2. The lowest BCUT2D eigenvalue weighted by atomic mass is 9.86. The molecule has 1 amide bonds. The number of aromatic nitrogens is 1. The van der Waals surface area contributed by atoms with Gasteiger partial charge in [-0.05, 0) is 50.1 Å². The van der Waals surface area contributed by atoms with E-state index in [1.807, 2.05) is 0 Å². The maximum Gasteiger partial charge on any atom is 0.274 e. The summed E-state index contributed by atoms with van der Waals surface area (Å²) in [4.78, 5) is 20.9. The third kappa shape index (κ3) is 3.49. The molecule has 1 fully saturated rings. The van der Waals surface area contributed by atoms with Crippen molar-refractivity contribution in [2.24, 2.45) is 10.7 Å². The molecule has 34 heavy (non-hydrogen) atoms. The Morgan fingerprint density at radius 1 is 1.38 bits per heavy atom. The Morgan fingerprint density at radius 3 is 2.79 bits per heavy atom. The van der Waals surface area contributed by atoms with Crippen LogP contribution in [0.25, 0.3) is 0 Å². The number of fused-ring (bicyclic) bond motifs is 2. The molecule has 11 heteroatoms. The highest BCUT2D eigenvalue weighted by Gasteiger charge is 2.65. The van der Waals surface area contributed by atoms with Gasteiger partial charge in [0, 0.05) is 11.3 Å². The zero-order valence-corrected chi connectivity index (χ0v) is 19.0. The standard InChI is InChI=1S/C23H22F2N4O4S/c1-3-10-33-15-5-7-18(27-12-15)20(30)28-14-4-6-17(25)16(11-14)22(2)19-8-9-23(13-24,21(26)29-22)34(19,31)32/h1,4-7,11-12,19H,8-10,13H2,2H3,(H2,26,29)(H,28,30)/t19-,22+,23-/m0/s1. The number of anilines is 1. The summed E-state index contributed by atoms with van der Waals surface area (Å²) in [5.41, 5.74) is 4.56. The molecular weight excluding hydrogens is 466 g/mol. The van der Waals surface area contributed by atoms with E-state index in [0.29, 0.717) is 5.75 Å². The summed E-state index contributed by atoms with van der Waals surface area (Å²) in [5.74, 6) is 1.04. The van der Waals surface area contributed by atoms with Crippen molar-refractivity contribution in [3.8, 4) is 18.1 Å². The van der Waals surface area contributed by atoms with Gasteiger partial charge >= 0.3 is 0 Å². The van der Waals surface area contributed by atoms with Gasteiger partial charge in [0.15, 0.2) is 14.6 Å². The van der Waals surface area contributed by atoms with Gasteiger partial charge in [0.1, 0.15) is 41.9 Å². The van der Waals surface area contributed by atoms with E-state index in [4.69, 9.17) is 16.9 Å². The number of nitrogens with one attached hydrogen (secondary N) is 1. The molecule has 1 aromatic heterocycles. The van der Waals surface area contributed by atoms with Crippen LogP contribution in [0.3, 0.4) is 0 Å². The van der Waals surface area contributed by atoms with Crippen LogP contribution in [0.15, 0.2) is 41.5 Å². The first-order valence-corrected chi connectivity index (χ1v) is 11.9. The van der Waals surface area contributed by atoms with Crippen LogP contribution in [-0.2, 0) is 15.4 Å². The zero-order valence-electron chi connectivity index (χ0n) is 18.2. The molecule has 3 atom stereocenters. The molecule has 3 N–H and O–H groups in total. The van der Waals surface area contributed by atoms with Crippen LogP contribution in [0.5, 0.6) is 5.75 Å². The molecule has 2 aliphatic rings. The first-order chi connectivity index (χ1) is 16.1. The topological polar surface area (TPSA) is 124 Å². The molecule has 4 rings (SSSR count). The fraction of sp³-hybridized carbons (Fsp3) is 0.348. The number of nitrogens with zero attached hydrogens (tertiary/aromatic N) is 2. The van der Waals surface area contributed by atoms with Gasteiger partial charge in [0.25, 0.3) is 5.91 Å². The summed E-state index contributed by atoms with van der Waals surface area (Å²) in [6, 6.07) is 6.70. The number of alkyl halides is 1. The smallest absolute Gasteiger partial charge is 0.274 e. The van der Waals surface area contributed by atoms with Crippen molar-refractivity contribution in [3.63, 3.8) is 0 Å². The average molecular weight is 489 g/mol. The number of terminal acetylenes is 1. The second-order valence-electron chi connectivity index (χ2n) is 8.37. The Bertz CT molecular complexity index is 1320. The molecule has 2 aliphatic heterocycles. The fourth-order valence-corrected chi connectivity index (χ4v) is 7.22. The predicted octanol–water partition coefficient (Wildman–Crippen LogP) is 2.36. The summed E-state index contributed by atoms with van der Waals surface area (Å²) >= 11 is 0. The average Bonchev–Trinajstić information content (AvgIpc) is 3.02. The van der Waals surface area contributed by atoms with Crippen LogP contribution in [0.2, 0.25) is 0 Å². The molecule has 0 spiro atoms. The van der Waals surface area contributed by atoms with Crippen molar-refractivity contribution in [1.29, 1.82) is 0 Å². The van der Waals surface area contributed by atoms with E-state index in [-0.39, 0.29) is 42.2 Å². The van der Waals surface area contributed by atoms with Crippen LogP contribution in [0.1, 0.15) is 35.8 Å². The van der Waals surface area contributed by atoms with Gasteiger partial charge in [-0.1, -0.05) is 5.92 Å². The van der Waals surface area contributed by atoms with Gasteiger partial charge in [-0.2, -0.15) is 0 Å². The van der Waals surface area contributed by atoms with Crippen LogP contribution in [0, 0.1) is 18.2 Å². The minimum atomic E-state index is -4.07. The van der Waals surface area contributed by atoms with Crippen molar-refractivity contribution in [2.45, 2.75) is 35.3 Å². The molecule has 0 radical (unpaired) electrons. The number of nitrogens with two attached hydrogens (primary N) is 1. The number of pyridine rings is 1. The lowest BCUT2D eigenvalue weighted by Crippen LogP contribution is -2.58. The highest BCUT2D eigenvalue weighted by molar-refractivity contribution is 7.94. The number of aliphatic imine (C=N–C) groups is 1. The molecule has 178 valence electrons. The van der Waals surface area contributed by atoms with Crippen molar-refractivity contribution < 1.29 is 26.7 Å².